The first-order valence-corrected chi connectivity index (χ1v) is 9.77. The van der Waals surface area contributed by atoms with Gasteiger partial charge in [0, 0.05) is 48.6 Å². The molecule has 2 unspecified atom stereocenters. The number of imidazole rings is 1. The van der Waals surface area contributed by atoms with Crippen molar-refractivity contribution in [3.8, 4) is 0 Å². The van der Waals surface area contributed by atoms with Gasteiger partial charge in [-0.2, -0.15) is 0 Å². The fraction of sp³-hybridized carbons (Fsp3) is 0.474. The van der Waals surface area contributed by atoms with Gasteiger partial charge in [-0.3, -0.25) is 4.79 Å². The van der Waals surface area contributed by atoms with Gasteiger partial charge in [-0.25, -0.2) is 17.6 Å². The van der Waals surface area contributed by atoms with Crippen LogP contribution in [0.1, 0.15) is 35.7 Å². The van der Waals surface area contributed by atoms with Gasteiger partial charge in [0.2, 0.25) is 5.91 Å². The van der Waals surface area contributed by atoms with Crippen molar-refractivity contribution in [3.63, 3.8) is 0 Å². The second kappa shape index (κ2) is 7.91. The summed E-state index contributed by atoms with van der Waals surface area (Å²) in [6.07, 6.45) is 1.99. The highest BCUT2D eigenvalue weighted by Gasteiger charge is 2.33. The summed E-state index contributed by atoms with van der Waals surface area (Å²) in [7, 11) is 0. The minimum Gasteiger partial charge on any atom is -0.376 e. The largest absolute Gasteiger partial charge is 0.376 e. The van der Waals surface area contributed by atoms with Crippen molar-refractivity contribution in [2.75, 3.05) is 13.2 Å². The van der Waals surface area contributed by atoms with Crippen LogP contribution in [0.3, 0.4) is 0 Å². The number of aromatic amines is 1. The molecule has 0 spiro atoms. The van der Waals surface area contributed by atoms with Crippen molar-refractivity contribution in [2.45, 2.75) is 44.2 Å². The van der Waals surface area contributed by atoms with Crippen LogP contribution in [0.4, 0.5) is 17.6 Å². The van der Waals surface area contributed by atoms with Crippen LogP contribution < -0.4 is 5.32 Å². The zero-order chi connectivity index (χ0) is 20.7. The number of carbonyl (C=O) groups is 1. The molecular weight excluding hydrogens is 410 g/mol. The van der Waals surface area contributed by atoms with Gasteiger partial charge in [0.25, 0.3) is 0 Å². The third-order valence-corrected chi connectivity index (χ3v) is 5.78. The van der Waals surface area contributed by atoms with E-state index in [0.29, 0.717) is 29.3 Å². The van der Waals surface area contributed by atoms with Gasteiger partial charge < -0.3 is 19.6 Å². The molecule has 5 nitrogen and oxygen atoms in total. The molecule has 0 saturated carbocycles. The van der Waals surface area contributed by atoms with E-state index in [2.05, 4.69) is 10.3 Å². The minimum atomic E-state index is -1.44. The third kappa shape index (κ3) is 3.83. The SMILES string of the molecule is O=C(Cc1[nH]c(=S)n2c1CC(c1c(F)c(F)cc(F)c1F)C2)NCC1CCCO1. The van der Waals surface area contributed by atoms with Crippen LogP contribution in [0.15, 0.2) is 6.07 Å². The lowest BCUT2D eigenvalue weighted by molar-refractivity contribution is -0.121. The number of amides is 1. The van der Waals surface area contributed by atoms with Crippen LogP contribution in [0.5, 0.6) is 0 Å². The number of H-pyrrole nitrogens is 1. The molecule has 0 bridgehead atoms. The molecule has 1 saturated heterocycles. The number of carbonyl (C=O) groups excluding carboxylic acids is 1. The van der Waals surface area contributed by atoms with Crippen LogP contribution in [-0.2, 0) is 28.9 Å². The highest BCUT2D eigenvalue weighted by molar-refractivity contribution is 7.71. The summed E-state index contributed by atoms with van der Waals surface area (Å²) < 4.78 is 62.9. The second-order valence-corrected chi connectivity index (χ2v) is 7.75. The number of nitrogens with zero attached hydrogens (tertiary/aromatic N) is 1. The van der Waals surface area contributed by atoms with Crippen LogP contribution in [0, 0.1) is 28.0 Å². The first kappa shape index (κ1) is 20.1. The maximum absolute atomic E-state index is 14.2. The Morgan fingerprint density at radius 3 is 2.66 bits per heavy atom. The average molecular weight is 429 g/mol. The van der Waals surface area contributed by atoms with E-state index < -0.39 is 34.8 Å². The lowest BCUT2D eigenvalue weighted by atomic mass is 9.94. The van der Waals surface area contributed by atoms with Crippen LogP contribution in [0.2, 0.25) is 0 Å². The molecule has 29 heavy (non-hydrogen) atoms. The summed E-state index contributed by atoms with van der Waals surface area (Å²) in [6.45, 7) is 1.17. The number of fused-ring (bicyclic) bond motifs is 1. The van der Waals surface area contributed by atoms with Crippen molar-refractivity contribution in [1.82, 2.24) is 14.9 Å². The Morgan fingerprint density at radius 2 is 2.00 bits per heavy atom. The van der Waals surface area contributed by atoms with Gasteiger partial charge in [0.1, 0.15) is 0 Å². The van der Waals surface area contributed by atoms with Gasteiger partial charge in [0.15, 0.2) is 28.0 Å². The van der Waals surface area contributed by atoms with Gasteiger partial charge in [-0.15, -0.1) is 0 Å². The molecule has 4 rings (SSSR count). The van der Waals surface area contributed by atoms with E-state index >= 15 is 0 Å². The number of aromatic nitrogens is 2. The molecule has 2 N–H and O–H groups in total. The Hall–Kier alpha value is -2.20. The van der Waals surface area contributed by atoms with Gasteiger partial charge in [-0.1, -0.05) is 0 Å². The van der Waals surface area contributed by atoms with Gasteiger partial charge in [-0.05, 0) is 31.5 Å². The average Bonchev–Trinajstić information content (AvgIpc) is 3.39. The zero-order valence-electron chi connectivity index (χ0n) is 15.4. The van der Waals surface area contributed by atoms with Crippen molar-refractivity contribution >= 4 is 18.1 Å². The Kier molecular flexibility index (Phi) is 5.48. The lowest BCUT2D eigenvalue weighted by Gasteiger charge is -2.13. The van der Waals surface area contributed by atoms with Crippen LogP contribution in [0.25, 0.3) is 0 Å². The normalized spacial score (nSPS) is 20.8. The molecule has 0 aliphatic carbocycles. The third-order valence-electron chi connectivity index (χ3n) is 5.46. The maximum Gasteiger partial charge on any atom is 0.226 e. The van der Waals surface area contributed by atoms with E-state index in [9.17, 15) is 22.4 Å². The van der Waals surface area contributed by atoms with Crippen molar-refractivity contribution in [2.24, 2.45) is 0 Å². The first-order valence-electron chi connectivity index (χ1n) is 9.37. The smallest absolute Gasteiger partial charge is 0.226 e. The van der Waals surface area contributed by atoms with E-state index in [1.807, 2.05) is 0 Å². The molecule has 3 heterocycles. The van der Waals surface area contributed by atoms with E-state index in [-0.39, 0.29) is 37.5 Å². The van der Waals surface area contributed by atoms with E-state index in [1.165, 1.54) is 0 Å². The molecule has 156 valence electrons. The summed E-state index contributed by atoms with van der Waals surface area (Å²) >= 11 is 5.24. The molecule has 2 aliphatic heterocycles. The summed E-state index contributed by atoms with van der Waals surface area (Å²) in [6, 6.07) is 0.194. The molecule has 1 fully saturated rings. The van der Waals surface area contributed by atoms with Gasteiger partial charge in [0.05, 0.1) is 12.5 Å². The number of ether oxygens (including phenoxy) is 1. The molecule has 2 atom stereocenters. The van der Waals surface area contributed by atoms with Crippen LogP contribution >= 0.6 is 12.2 Å². The Balaban J connectivity index is 1.51. The quantitative estimate of drug-likeness (QED) is 0.436. The van der Waals surface area contributed by atoms with E-state index in [1.54, 1.807) is 4.57 Å². The summed E-state index contributed by atoms with van der Waals surface area (Å²) in [5.74, 6) is -6.72. The summed E-state index contributed by atoms with van der Waals surface area (Å²) in [5, 5.41) is 2.80. The summed E-state index contributed by atoms with van der Waals surface area (Å²) in [5.41, 5.74) is 0.505. The number of nitrogens with one attached hydrogen (secondary N) is 2. The highest BCUT2D eigenvalue weighted by Crippen LogP contribution is 2.36. The predicted molar refractivity (Wildman–Crippen MR) is 98.0 cm³/mol. The Morgan fingerprint density at radius 1 is 1.28 bits per heavy atom. The van der Waals surface area contributed by atoms with E-state index in [4.69, 9.17) is 17.0 Å². The van der Waals surface area contributed by atoms with Crippen molar-refractivity contribution in [3.05, 3.63) is 51.1 Å². The Labute approximate surface area is 169 Å². The molecular formula is C19H19F4N3O2S. The molecule has 10 heteroatoms. The number of hydrogen-bond donors (Lipinski definition) is 2. The molecule has 1 amide bonds. The first-order chi connectivity index (χ1) is 13.8. The lowest BCUT2D eigenvalue weighted by Crippen LogP contribution is -2.33. The molecule has 0 radical (unpaired) electrons. The number of halogens is 4. The number of rotatable bonds is 5. The monoisotopic (exact) mass is 429 g/mol. The fourth-order valence-corrected chi connectivity index (χ4v) is 4.35. The van der Waals surface area contributed by atoms with Crippen molar-refractivity contribution < 1.29 is 27.1 Å². The highest BCUT2D eigenvalue weighted by atomic mass is 32.1. The Bertz CT molecular complexity index is 988. The molecule has 2 aromatic rings. The van der Waals surface area contributed by atoms with E-state index in [0.717, 1.165) is 12.8 Å². The topological polar surface area (TPSA) is 59.0 Å². The van der Waals surface area contributed by atoms with Crippen LogP contribution in [-0.4, -0.2) is 34.7 Å². The maximum atomic E-state index is 14.2. The van der Waals surface area contributed by atoms with Gasteiger partial charge >= 0.3 is 0 Å². The second-order valence-electron chi connectivity index (χ2n) is 7.36. The standard InChI is InChI=1S/C19H19F4N3O2S/c20-11-5-12(21)18(23)16(17(11)22)9-4-14-13(25-19(29)26(14)8-9)6-15(27)24-7-10-2-1-3-28-10/h5,9-10H,1-4,6-8H2,(H,24,27)(H,25,29). The minimum absolute atomic E-state index is 0.00783. The number of benzene rings is 1. The zero-order valence-corrected chi connectivity index (χ0v) is 16.2. The molecule has 1 aromatic heterocycles. The summed E-state index contributed by atoms with van der Waals surface area (Å²) in [4.78, 5) is 15.2. The molecule has 1 aromatic carbocycles. The fourth-order valence-electron chi connectivity index (χ4n) is 4.04. The molecule has 2 aliphatic rings. The van der Waals surface area contributed by atoms with Crippen molar-refractivity contribution in [1.29, 1.82) is 0 Å². The predicted octanol–water partition coefficient (Wildman–Crippen LogP) is 3.28. The number of hydrogen-bond acceptors (Lipinski definition) is 3.